The molecular formula is C15H19BrFNO2. The van der Waals surface area contributed by atoms with E-state index in [9.17, 15) is 4.39 Å². The molecule has 3 atom stereocenters. The van der Waals surface area contributed by atoms with Crippen molar-refractivity contribution >= 4 is 15.9 Å². The van der Waals surface area contributed by atoms with Crippen molar-refractivity contribution < 1.29 is 13.9 Å². The van der Waals surface area contributed by atoms with Crippen LogP contribution in [0.3, 0.4) is 0 Å². The van der Waals surface area contributed by atoms with Gasteiger partial charge in [0.25, 0.3) is 0 Å². The van der Waals surface area contributed by atoms with Crippen LogP contribution in [-0.2, 0) is 9.47 Å². The van der Waals surface area contributed by atoms with E-state index in [-0.39, 0.29) is 17.5 Å². The van der Waals surface area contributed by atoms with Gasteiger partial charge in [0.05, 0.1) is 16.7 Å². The summed E-state index contributed by atoms with van der Waals surface area (Å²) in [5, 5.41) is 0. The van der Waals surface area contributed by atoms with Crippen LogP contribution in [0.4, 0.5) is 4.39 Å². The van der Waals surface area contributed by atoms with Crippen LogP contribution >= 0.6 is 15.9 Å². The van der Waals surface area contributed by atoms with Gasteiger partial charge in [-0.2, -0.15) is 0 Å². The topological polar surface area (TPSA) is 44.5 Å². The van der Waals surface area contributed by atoms with Crippen LogP contribution in [0.5, 0.6) is 0 Å². The summed E-state index contributed by atoms with van der Waals surface area (Å²) < 4.78 is 25.5. The Hall–Kier alpha value is -0.490. The summed E-state index contributed by atoms with van der Waals surface area (Å²) in [6, 6.07) is 4.99. The molecule has 3 nitrogen and oxygen atoms in total. The molecule has 0 bridgehead atoms. The number of ether oxygens (including phenoxy) is 2. The largest absolute Gasteiger partial charge is 0.378 e. The minimum Gasteiger partial charge on any atom is -0.378 e. The van der Waals surface area contributed by atoms with Crippen LogP contribution in [0.1, 0.15) is 30.9 Å². The Morgan fingerprint density at radius 1 is 1.40 bits per heavy atom. The van der Waals surface area contributed by atoms with Crippen molar-refractivity contribution in [3.63, 3.8) is 0 Å². The third-order valence-electron chi connectivity index (χ3n) is 4.43. The highest BCUT2D eigenvalue weighted by Crippen LogP contribution is 2.40. The molecule has 2 heterocycles. The van der Waals surface area contributed by atoms with Crippen molar-refractivity contribution in [3.8, 4) is 0 Å². The summed E-state index contributed by atoms with van der Waals surface area (Å²) in [6.45, 7) is 2.13. The van der Waals surface area contributed by atoms with Crippen LogP contribution in [0.25, 0.3) is 0 Å². The maximum atomic E-state index is 13.7. The van der Waals surface area contributed by atoms with E-state index in [0.717, 1.165) is 31.4 Å². The first-order valence-corrected chi connectivity index (χ1v) is 7.81. The van der Waals surface area contributed by atoms with Crippen LogP contribution in [0.15, 0.2) is 22.7 Å². The van der Waals surface area contributed by atoms with Gasteiger partial charge in [0.1, 0.15) is 5.82 Å². The highest BCUT2D eigenvalue weighted by Gasteiger charge is 2.42. The molecule has 1 aromatic rings. The first-order valence-electron chi connectivity index (χ1n) is 7.02. The molecule has 3 rings (SSSR count). The fourth-order valence-corrected chi connectivity index (χ4v) is 3.47. The Morgan fingerprint density at radius 2 is 2.25 bits per heavy atom. The lowest BCUT2D eigenvalue weighted by Crippen LogP contribution is -2.43. The summed E-state index contributed by atoms with van der Waals surface area (Å²) >= 11 is 3.17. The predicted molar refractivity (Wildman–Crippen MR) is 77.9 cm³/mol. The van der Waals surface area contributed by atoms with Gasteiger partial charge in [0.2, 0.25) is 0 Å². The molecule has 2 fully saturated rings. The van der Waals surface area contributed by atoms with Crippen molar-refractivity contribution in [2.24, 2.45) is 11.7 Å². The van der Waals surface area contributed by atoms with Crippen LogP contribution in [0.2, 0.25) is 0 Å². The van der Waals surface area contributed by atoms with E-state index in [4.69, 9.17) is 15.2 Å². The Labute approximate surface area is 126 Å². The lowest BCUT2D eigenvalue weighted by molar-refractivity contribution is -0.101. The number of hydrogen-bond donors (Lipinski definition) is 1. The molecule has 0 aromatic heterocycles. The smallest absolute Gasteiger partial charge is 0.137 e. The van der Waals surface area contributed by atoms with Crippen molar-refractivity contribution in [2.45, 2.75) is 30.9 Å². The molecule has 5 heteroatoms. The zero-order valence-electron chi connectivity index (χ0n) is 11.3. The van der Waals surface area contributed by atoms with Crippen LogP contribution in [0, 0.1) is 11.7 Å². The molecule has 0 aliphatic carbocycles. The van der Waals surface area contributed by atoms with E-state index < -0.39 is 0 Å². The van der Waals surface area contributed by atoms with E-state index in [1.807, 2.05) is 6.07 Å². The monoisotopic (exact) mass is 343 g/mol. The zero-order valence-corrected chi connectivity index (χ0v) is 12.9. The number of halogens is 2. The molecule has 110 valence electrons. The van der Waals surface area contributed by atoms with Crippen molar-refractivity contribution in [1.82, 2.24) is 0 Å². The van der Waals surface area contributed by atoms with Gasteiger partial charge in [0, 0.05) is 25.7 Å². The number of rotatable bonds is 2. The van der Waals surface area contributed by atoms with E-state index >= 15 is 0 Å². The normalized spacial score (nSPS) is 31.6. The standard InChI is InChI=1S/C15H19BrFNO2/c16-12-2-1-10(7-13(12)17)14(18)11-3-5-20-15(8-11)4-6-19-9-15/h1-2,7,11,14H,3-6,8-9,18H2. The Bertz CT molecular complexity index is 491. The first kappa shape index (κ1) is 14.4. The Kier molecular flexibility index (Phi) is 4.13. The molecule has 2 saturated heterocycles. The van der Waals surface area contributed by atoms with Gasteiger partial charge in [-0.05, 0) is 52.4 Å². The number of hydrogen-bond acceptors (Lipinski definition) is 3. The third kappa shape index (κ3) is 2.77. The second kappa shape index (κ2) is 5.72. The molecule has 1 spiro atoms. The maximum Gasteiger partial charge on any atom is 0.137 e. The number of benzene rings is 1. The maximum absolute atomic E-state index is 13.7. The van der Waals surface area contributed by atoms with Crippen molar-refractivity contribution in [1.29, 1.82) is 0 Å². The average Bonchev–Trinajstić information content (AvgIpc) is 2.89. The molecule has 3 unspecified atom stereocenters. The van der Waals surface area contributed by atoms with Gasteiger partial charge in [-0.15, -0.1) is 0 Å². The van der Waals surface area contributed by atoms with Crippen molar-refractivity contribution in [2.75, 3.05) is 19.8 Å². The highest BCUT2D eigenvalue weighted by molar-refractivity contribution is 9.10. The molecule has 2 aliphatic rings. The van der Waals surface area contributed by atoms with E-state index in [1.165, 1.54) is 6.07 Å². The fraction of sp³-hybridized carbons (Fsp3) is 0.600. The summed E-state index contributed by atoms with van der Waals surface area (Å²) in [5.74, 6) is 0.0509. The minimum atomic E-state index is -0.260. The molecule has 0 saturated carbocycles. The van der Waals surface area contributed by atoms with E-state index in [0.29, 0.717) is 23.6 Å². The van der Waals surface area contributed by atoms with Gasteiger partial charge in [-0.1, -0.05) is 6.07 Å². The van der Waals surface area contributed by atoms with Gasteiger partial charge >= 0.3 is 0 Å². The lowest BCUT2D eigenvalue weighted by atomic mass is 9.79. The second-order valence-electron chi connectivity index (χ2n) is 5.79. The van der Waals surface area contributed by atoms with Gasteiger partial charge in [-0.25, -0.2) is 4.39 Å². The molecule has 0 radical (unpaired) electrons. The Balaban J connectivity index is 1.75. The highest BCUT2D eigenvalue weighted by atomic mass is 79.9. The Morgan fingerprint density at radius 3 is 2.95 bits per heavy atom. The quantitative estimate of drug-likeness (QED) is 0.896. The van der Waals surface area contributed by atoms with Gasteiger partial charge in [-0.3, -0.25) is 0 Å². The second-order valence-corrected chi connectivity index (χ2v) is 6.64. The third-order valence-corrected chi connectivity index (χ3v) is 5.08. The first-order chi connectivity index (χ1) is 9.60. The lowest BCUT2D eigenvalue weighted by Gasteiger charge is -2.39. The summed E-state index contributed by atoms with van der Waals surface area (Å²) in [7, 11) is 0. The minimum absolute atomic E-state index is 0.154. The zero-order chi connectivity index (χ0) is 14.2. The fourth-order valence-electron chi connectivity index (χ4n) is 3.23. The average molecular weight is 344 g/mol. The van der Waals surface area contributed by atoms with Gasteiger partial charge < -0.3 is 15.2 Å². The molecule has 20 heavy (non-hydrogen) atoms. The summed E-state index contributed by atoms with van der Waals surface area (Å²) in [6.07, 6.45) is 2.75. The van der Waals surface area contributed by atoms with Crippen LogP contribution < -0.4 is 5.73 Å². The van der Waals surface area contributed by atoms with Gasteiger partial charge in [0.15, 0.2) is 0 Å². The van der Waals surface area contributed by atoms with E-state index in [1.54, 1.807) is 6.07 Å². The molecule has 2 N–H and O–H groups in total. The summed E-state index contributed by atoms with van der Waals surface area (Å²) in [5.41, 5.74) is 7.06. The SMILES string of the molecule is NC(c1ccc(Br)c(F)c1)C1CCOC2(CCOC2)C1. The molecule has 0 amide bonds. The van der Waals surface area contributed by atoms with E-state index in [2.05, 4.69) is 15.9 Å². The van der Waals surface area contributed by atoms with Crippen molar-refractivity contribution in [3.05, 3.63) is 34.1 Å². The van der Waals surface area contributed by atoms with Crippen LogP contribution in [-0.4, -0.2) is 25.4 Å². The predicted octanol–water partition coefficient (Wildman–Crippen LogP) is 3.17. The summed E-state index contributed by atoms with van der Waals surface area (Å²) in [4.78, 5) is 0. The number of nitrogens with two attached hydrogens (primary N) is 1. The molecule has 2 aliphatic heterocycles. The molecular weight excluding hydrogens is 325 g/mol. The molecule has 1 aromatic carbocycles.